The number of benzene rings is 1. The summed E-state index contributed by atoms with van der Waals surface area (Å²) in [7, 11) is 0. The summed E-state index contributed by atoms with van der Waals surface area (Å²) in [6.07, 6.45) is 0. The van der Waals surface area contributed by atoms with E-state index in [1.165, 1.54) is 0 Å². The molecular formula is C13H16ClN5O. The van der Waals surface area contributed by atoms with Crippen LogP contribution in [0.25, 0.3) is 0 Å². The molecule has 0 aliphatic heterocycles. The van der Waals surface area contributed by atoms with Crippen LogP contribution in [0.15, 0.2) is 30.3 Å². The molecule has 0 saturated carbocycles. The Kier molecular flexibility index (Phi) is 5.37. The first-order chi connectivity index (χ1) is 9.78. The molecule has 0 amide bonds. The number of nitrogens with zero attached hydrogens (tertiary/aromatic N) is 3. The Morgan fingerprint density at radius 3 is 2.45 bits per heavy atom. The molecule has 2 rings (SSSR count). The Hall–Kier alpha value is -2.08. The molecule has 1 heterocycles. The molecule has 0 spiro atoms. The van der Waals surface area contributed by atoms with Gasteiger partial charge < -0.3 is 15.4 Å². The lowest BCUT2D eigenvalue weighted by atomic mass is 10.3. The Labute approximate surface area is 122 Å². The molecule has 6 nitrogen and oxygen atoms in total. The van der Waals surface area contributed by atoms with E-state index in [1.54, 1.807) is 0 Å². The Morgan fingerprint density at radius 2 is 1.75 bits per heavy atom. The van der Waals surface area contributed by atoms with Crippen LogP contribution in [-0.4, -0.2) is 34.6 Å². The number of ether oxygens (including phenoxy) is 1. The standard InChI is InChI=1S/C13H16ClN5O/c1-2-15-12-17-11(14)18-13(19-12)16-8-9-20-10-6-4-3-5-7-10/h3-7H,2,8-9H2,1H3,(H2,15,16,17,18,19). The fraction of sp³-hybridized carbons (Fsp3) is 0.308. The molecule has 1 aromatic carbocycles. The predicted octanol–water partition coefficient (Wildman–Crippen LogP) is 2.45. The molecule has 0 bridgehead atoms. The van der Waals surface area contributed by atoms with Crippen molar-refractivity contribution in [3.8, 4) is 5.75 Å². The van der Waals surface area contributed by atoms with Crippen molar-refractivity contribution < 1.29 is 4.74 Å². The van der Waals surface area contributed by atoms with Crippen LogP contribution in [0.3, 0.4) is 0 Å². The van der Waals surface area contributed by atoms with Crippen molar-refractivity contribution in [1.82, 2.24) is 15.0 Å². The first-order valence-corrected chi connectivity index (χ1v) is 6.73. The molecule has 0 saturated heterocycles. The SMILES string of the molecule is CCNc1nc(Cl)nc(NCCOc2ccccc2)n1. The van der Waals surface area contributed by atoms with E-state index >= 15 is 0 Å². The number of anilines is 2. The summed E-state index contributed by atoms with van der Waals surface area (Å²) < 4.78 is 5.55. The number of halogens is 1. The third-order valence-electron chi connectivity index (χ3n) is 2.34. The topological polar surface area (TPSA) is 72.0 Å². The summed E-state index contributed by atoms with van der Waals surface area (Å²) >= 11 is 5.82. The van der Waals surface area contributed by atoms with Crippen LogP contribution in [0.1, 0.15) is 6.92 Å². The van der Waals surface area contributed by atoms with E-state index in [4.69, 9.17) is 16.3 Å². The monoisotopic (exact) mass is 293 g/mol. The Bertz CT molecular complexity index is 538. The third kappa shape index (κ3) is 4.55. The summed E-state index contributed by atoms with van der Waals surface area (Å²) in [5.41, 5.74) is 0. The normalized spacial score (nSPS) is 10.1. The highest BCUT2D eigenvalue weighted by atomic mass is 35.5. The van der Waals surface area contributed by atoms with Crippen molar-refractivity contribution in [2.45, 2.75) is 6.92 Å². The molecule has 2 N–H and O–H groups in total. The highest BCUT2D eigenvalue weighted by Crippen LogP contribution is 2.10. The molecular weight excluding hydrogens is 278 g/mol. The van der Waals surface area contributed by atoms with Crippen LogP contribution in [-0.2, 0) is 0 Å². The van der Waals surface area contributed by atoms with Gasteiger partial charge in [0.1, 0.15) is 12.4 Å². The maximum absolute atomic E-state index is 5.82. The van der Waals surface area contributed by atoms with E-state index in [0.29, 0.717) is 25.0 Å². The minimum atomic E-state index is 0.155. The fourth-order valence-corrected chi connectivity index (χ4v) is 1.67. The second-order valence-corrected chi connectivity index (χ2v) is 4.21. The largest absolute Gasteiger partial charge is 0.492 e. The molecule has 20 heavy (non-hydrogen) atoms. The zero-order chi connectivity index (χ0) is 14.2. The van der Waals surface area contributed by atoms with Crippen LogP contribution in [0.5, 0.6) is 5.75 Å². The highest BCUT2D eigenvalue weighted by Gasteiger charge is 2.03. The smallest absolute Gasteiger partial charge is 0.228 e. The third-order valence-corrected chi connectivity index (χ3v) is 2.51. The van der Waals surface area contributed by atoms with E-state index in [2.05, 4.69) is 25.6 Å². The van der Waals surface area contributed by atoms with Crippen molar-refractivity contribution in [2.75, 3.05) is 30.3 Å². The van der Waals surface area contributed by atoms with Gasteiger partial charge in [-0.05, 0) is 30.7 Å². The first kappa shape index (κ1) is 14.3. The highest BCUT2D eigenvalue weighted by molar-refractivity contribution is 6.28. The summed E-state index contributed by atoms with van der Waals surface area (Å²) in [5.74, 6) is 1.72. The number of rotatable bonds is 7. The van der Waals surface area contributed by atoms with Gasteiger partial charge in [0.2, 0.25) is 17.2 Å². The fourth-order valence-electron chi connectivity index (χ4n) is 1.51. The van der Waals surface area contributed by atoms with Gasteiger partial charge in [-0.2, -0.15) is 15.0 Å². The lowest BCUT2D eigenvalue weighted by Gasteiger charge is -2.08. The van der Waals surface area contributed by atoms with Gasteiger partial charge in [0.05, 0.1) is 6.54 Å². The zero-order valence-electron chi connectivity index (χ0n) is 11.1. The zero-order valence-corrected chi connectivity index (χ0v) is 11.9. The minimum absolute atomic E-state index is 0.155. The van der Waals surface area contributed by atoms with Crippen molar-refractivity contribution in [1.29, 1.82) is 0 Å². The Balaban J connectivity index is 1.81. The average Bonchev–Trinajstić information content (AvgIpc) is 2.45. The van der Waals surface area contributed by atoms with Crippen molar-refractivity contribution in [2.24, 2.45) is 0 Å². The van der Waals surface area contributed by atoms with E-state index in [0.717, 1.165) is 12.3 Å². The predicted molar refractivity (Wildman–Crippen MR) is 79.4 cm³/mol. The second-order valence-electron chi connectivity index (χ2n) is 3.87. The average molecular weight is 294 g/mol. The van der Waals surface area contributed by atoms with Crippen LogP contribution in [0.2, 0.25) is 5.28 Å². The number of hydrogen-bond acceptors (Lipinski definition) is 6. The van der Waals surface area contributed by atoms with Gasteiger partial charge in [-0.15, -0.1) is 0 Å². The maximum atomic E-state index is 5.82. The molecule has 0 fully saturated rings. The van der Waals surface area contributed by atoms with Crippen molar-refractivity contribution >= 4 is 23.5 Å². The quantitative estimate of drug-likeness (QED) is 0.764. The molecule has 1 aromatic heterocycles. The van der Waals surface area contributed by atoms with E-state index in [1.807, 2.05) is 37.3 Å². The first-order valence-electron chi connectivity index (χ1n) is 6.35. The summed E-state index contributed by atoms with van der Waals surface area (Å²) in [5, 5.41) is 6.18. The van der Waals surface area contributed by atoms with Crippen LogP contribution in [0, 0.1) is 0 Å². The number of hydrogen-bond donors (Lipinski definition) is 2. The number of nitrogens with one attached hydrogen (secondary N) is 2. The summed E-state index contributed by atoms with van der Waals surface area (Å²) in [6, 6.07) is 9.61. The van der Waals surface area contributed by atoms with E-state index in [-0.39, 0.29) is 5.28 Å². The molecule has 0 aliphatic rings. The Morgan fingerprint density at radius 1 is 1.05 bits per heavy atom. The molecule has 0 atom stereocenters. The van der Waals surface area contributed by atoms with Gasteiger partial charge in [-0.25, -0.2) is 0 Å². The minimum Gasteiger partial charge on any atom is -0.492 e. The lowest BCUT2D eigenvalue weighted by molar-refractivity contribution is 0.332. The van der Waals surface area contributed by atoms with Gasteiger partial charge in [-0.3, -0.25) is 0 Å². The molecule has 106 valence electrons. The second kappa shape index (κ2) is 7.49. The van der Waals surface area contributed by atoms with Crippen LogP contribution >= 0.6 is 11.6 Å². The van der Waals surface area contributed by atoms with Gasteiger partial charge in [0.25, 0.3) is 0 Å². The van der Waals surface area contributed by atoms with Crippen molar-refractivity contribution in [3.05, 3.63) is 35.6 Å². The summed E-state index contributed by atoms with van der Waals surface area (Å²) in [4.78, 5) is 12.1. The van der Waals surface area contributed by atoms with Gasteiger partial charge in [-0.1, -0.05) is 18.2 Å². The molecule has 0 unspecified atom stereocenters. The van der Waals surface area contributed by atoms with Gasteiger partial charge in [0.15, 0.2) is 0 Å². The van der Waals surface area contributed by atoms with Gasteiger partial charge >= 0.3 is 0 Å². The van der Waals surface area contributed by atoms with E-state index in [9.17, 15) is 0 Å². The number of aromatic nitrogens is 3. The number of para-hydroxylation sites is 1. The lowest BCUT2D eigenvalue weighted by Crippen LogP contribution is -2.14. The maximum Gasteiger partial charge on any atom is 0.228 e. The molecule has 0 aliphatic carbocycles. The van der Waals surface area contributed by atoms with Crippen LogP contribution < -0.4 is 15.4 Å². The van der Waals surface area contributed by atoms with E-state index < -0.39 is 0 Å². The van der Waals surface area contributed by atoms with Crippen molar-refractivity contribution in [3.63, 3.8) is 0 Å². The molecule has 0 radical (unpaired) electrons. The molecule has 2 aromatic rings. The van der Waals surface area contributed by atoms with Gasteiger partial charge in [0, 0.05) is 6.54 Å². The van der Waals surface area contributed by atoms with Crippen LogP contribution in [0.4, 0.5) is 11.9 Å². The summed E-state index contributed by atoms with van der Waals surface area (Å²) in [6.45, 7) is 3.75. The molecule has 7 heteroatoms.